The summed E-state index contributed by atoms with van der Waals surface area (Å²) < 4.78 is 11.8. The van der Waals surface area contributed by atoms with Gasteiger partial charge in [-0.05, 0) is 56.6 Å². The van der Waals surface area contributed by atoms with E-state index >= 15 is 0 Å². The van der Waals surface area contributed by atoms with E-state index in [9.17, 15) is 0 Å². The van der Waals surface area contributed by atoms with Crippen molar-refractivity contribution in [1.82, 2.24) is 10.2 Å². The van der Waals surface area contributed by atoms with Crippen LogP contribution in [0.3, 0.4) is 0 Å². The van der Waals surface area contributed by atoms with Crippen molar-refractivity contribution >= 4 is 23.2 Å². The van der Waals surface area contributed by atoms with Crippen LogP contribution in [0.15, 0.2) is 36.4 Å². The topological polar surface area (TPSA) is 33.7 Å². The molecule has 2 aromatic rings. The van der Waals surface area contributed by atoms with Crippen LogP contribution in [-0.2, 0) is 13.2 Å². The summed E-state index contributed by atoms with van der Waals surface area (Å²) in [5.74, 6) is 1.23. The number of halogens is 2. The molecule has 158 valence electrons. The number of nitrogens with zero attached hydrogens (tertiary/aromatic N) is 1. The highest BCUT2D eigenvalue weighted by Crippen LogP contribution is 2.37. The molecule has 6 heteroatoms. The number of likely N-dealkylation sites (N-methyl/N-ethyl adjacent to an activating group) is 1. The van der Waals surface area contributed by atoms with E-state index in [4.69, 9.17) is 32.7 Å². The number of rotatable bonds is 10. The third kappa shape index (κ3) is 6.02. The number of ether oxygens (including phenoxy) is 2. The van der Waals surface area contributed by atoms with Crippen LogP contribution < -0.4 is 14.8 Å². The normalized spacial score (nSPS) is 16.9. The van der Waals surface area contributed by atoms with E-state index in [0.717, 1.165) is 30.8 Å². The van der Waals surface area contributed by atoms with Gasteiger partial charge in [0.05, 0.1) is 11.6 Å². The third-order valence-corrected chi connectivity index (χ3v) is 5.96. The van der Waals surface area contributed by atoms with Crippen molar-refractivity contribution in [3.63, 3.8) is 0 Å². The Morgan fingerprint density at radius 2 is 1.93 bits per heavy atom. The van der Waals surface area contributed by atoms with E-state index in [1.54, 1.807) is 0 Å². The van der Waals surface area contributed by atoms with Crippen molar-refractivity contribution < 1.29 is 9.47 Å². The standard InChI is InChI=1S/C23H30Cl2N2O2/c1-3-27-11-7-9-19(27)15-26-14-17-12-21(25)23(22(13-17)28-4-2)29-16-18-8-5-6-10-20(18)24/h5-6,8,10,12-13,19,26H,3-4,7,9,11,14-16H2,1-2H3/t19-/m0/s1. The summed E-state index contributed by atoms with van der Waals surface area (Å²) in [5.41, 5.74) is 2.00. The maximum Gasteiger partial charge on any atom is 0.180 e. The van der Waals surface area contributed by atoms with Gasteiger partial charge >= 0.3 is 0 Å². The van der Waals surface area contributed by atoms with Crippen LogP contribution in [0, 0.1) is 0 Å². The molecule has 1 heterocycles. The molecule has 0 spiro atoms. The first kappa shape index (κ1) is 22.2. The van der Waals surface area contributed by atoms with E-state index in [1.807, 2.05) is 43.3 Å². The molecule has 0 aliphatic carbocycles. The smallest absolute Gasteiger partial charge is 0.180 e. The molecule has 0 saturated carbocycles. The Kier molecular flexibility index (Phi) is 8.49. The highest BCUT2D eigenvalue weighted by molar-refractivity contribution is 6.32. The molecule has 0 amide bonds. The van der Waals surface area contributed by atoms with E-state index < -0.39 is 0 Å². The Balaban J connectivity index is 1.65. The zero-order valence-corrected chi connectivity index (χ0v) is 18.7. The molecule has 0 aromatic heterocycles. The minimum atomic E-state index is 0.339. The van der Waals surface area contributed by atoms with Crippen LogP contribution in [0.4, 0.5) is 0 Å². The predicted octanol–water partition coefficient (Wildman–Crippen LogP) is 5.55. The summed E-state index contributed by atoms with van der Waals surface area (Å²) in [6.07, 6.45) is 2.55. The van der Waals surface area contributed by atoms with Crippen molar-refractivity contribution in [2.75, 3.05) is 26.2 Å². The fourth-order valence-electron chi connectivity index (χ4n) is 3.82. The fourth-order valence-corrected chi connectivity index (χ4v) is 4.30. The number of nitrogens with one attached hydrogen (secondary N) is 1. The summed E-state index contributed by atoms with van der Waals surface area (Å²) in [6, 6.07) is 12.2. The summed E-state index contributed by atoms with van der Waals surface area (Å²) in [6.45, 7) is 9.13. The van der Waals surface area contributed by atoms with Gasteiger partial charge in [0.2, 0.25) is 0 Å². The first-order valence-electron chi connectivity index (χ1n) is 10.4. The molecular weight excluding hydrogens is 407 g/mol. The van der Waals surface area contributed by atoms with Gasteiger partial charge in [-0.2, -0.15) is 0 Å². The first-order valence-corrected chi connectivity index (χ1v) is 11.1. The monoisotopic (exact) mass is 436 g/mol. The van der Waals surface area contributed by atoms with Crippen molar-refractivity contribution in [2.24, 2.45) is 0 Å². The lowest BCUT2D eigenvalue weighted by Crippen LogP contribution is -2.37. The Bertz CT molecular complexity index is 800. The van der Waals surface area contributed by atoms with Gasteiger partial charge in [-0.1, -0.05) is 48.3 Å². The Morgan fingerprint density at radius 1 is 1.10 bits per heavy atom. The maximum atomic E-state index is 6.55. The molecule has 1 aliphatic heterocycles. The molecule has 29 heavy (non-hydrogen) atoms. The molecule has 1 saturated heterocycles. The number of hydrogen-bond donors (Lipinski definition) is 1. The Labute approximate surface area is 184 Å². The Morgan fingerprint density at radius 3 is 2.69 bits per heavy atom. The second-order valence-corrected chi connectivity index (χ2v) is 8.09. The molecule has 0 bridgehead atoms. The van der Waals surface area contributed by atoms with Gasteiger partial charge in [0.1, 0.15) is 6.61 Å². The van der Waals surface area contributed by atoms with Crippen LogP contribution in [0.5, 0.6) is 11.5 Å². The zero-order chi connectivity index (χ0) is 20.6. The van der Waals surface area contributed by atoms with Crippen LogP contribution >= 0.6 is 23.2 Å². The van der Waals surface area contributed by atoms with Gasteiger partial charge in [0, 0.05) is 29.7 Å². The maximum absolute atomic E-state index is 6.55. The molecule has 4 nitrogen and oxygen atoms in total. The largest absolute Gasteiger partial charge is 0.490 e. The van der Waals surface area contributed by atoms with Crippen molar-refractivity contribution in [3.8, 4) is 11.5 Å². The lowest BCUT2D eigenvalue weighted by Gasteiger charge is -2.23. The summed E-state index contributed by atoms with van der Waals surface area (Å²) in [4.78, 5) is 2.54. The number of benzene rings is 2. The molecule has 2 aromatic carbocycles. The van der Waals surface area contributed by atoms with E-state index in [2.05, 4.69) is 17.1 Å². The summed E-state index contributed by atoms with van der Waals surface area (Å²) >= 11 is 12.8. The van der Waals surface area contributed by atoms with Crippen LogP contribution in [-0.4, -0.2) is 37.2 Å². The molecule has 1 fully saturated rings. The average Bonchev–Trinajstić information content (AvgIpc) is 3.16. The summed E-state index contributed by atoms with van der Waals surface area (Å²) in [5, 5.41) is 4.80. The van der Waals surface area contributed by atoms with Crippen LogP contribution in [0.1, 0.15) is 37.8 Å². The van der Waals surface area contributed by atoms with Crippen LogP contribution in [0.2, 0.25) is 10.0 Å². The third-order valence-electron chi connectivity index (χ3n) is 5.31. The molecule has 3 rings (SSSR count). The van der Waals surface area contributed by atoms with Crippen molar-refractivity contribution in [1.29, 1.82) is 0 Å². The Hall–Kier alpha value is -1.46. The van der Waals surface area contributed by atoms with Gasteiger partial charge in [-0.3, -0.25) is 4.90 Å². The second kappa shape index (κ2) is 11.1. The molecule has 0 unspecified atom stereocenters. The van der Waals surface area contributed by atoms with Crippen molar-refractivity contribution in [3.05, 3.63) is 57.6 Å². The van der Waals surface area contributed by atoms with Gasteiger partial charge in [-0.15, -0.1) is 0 Å². The van der Waals surface area contributed by atoms with E-state index in [1.165, 1.54) is 19.4 Å². The minimum Gasteiger partial charge on any atom is -0.490 e. The summed E-state index contributed by atoms with van der Waals surface area (Å²) in [7, 11) is 0. The highest BCUT2D eigenvalue weighted by Gasteiger charge is 2.22. The lowest BCUT2D eigenvalue weighted by atomic mass is 10.1. The quantitative estimate of drug-likeness (QED) is 0.529. The number of likely N-dealkylation sites (tertiary alicyclic amines) is 1. The van der Waals surface area contributed by atoms with Gasteiger partial charge in [0.25, 0.3) is 0 Å². The molecule has 1 atom stereocenters. The minimum absolute atomic E-state index is 0.339. The highest BCUT2D eigenvalue weighted by atomic mass is 35.5. The molecular formula is C23H30Cl2N2O2. The van der Waals surface area contributed by atoms with E-state index in [0.29, 0.717) is 40.8 Å². The van der Waals surface area contributed by atoms with Gasteiger partial charge in [-0.25, -0.2) is 0 Å². The lowest BCUT2D eigenvalue weighted by molar-refractivity contribution is 0.259. The zero-order valence-electron chi connectivity index (χ0n) is 17.2. The van der Waals surface area contributed by atoms with Crippen molar-refractivity contribution in [2.45, 2.75) is 45.9 Å². The first-order chi connectivity index (χ1) is 14.1. The molecule has 0 radical (unpaired) electrons. The fraction of sp³-hybridized carbons (Fsp3) is 0.478. The second-order valence-electron chi connectivity index (χ2n) is 7.27. The SMILES string of the molecule is CCOc1cc(CNC[C@@H]2CCCN2CC)cc(Cl)c1OCc1ccccc1Cl. The predicted molar refractivity (Wildman–Crippen MR) is 120 cm³/mol. The average molecular weight is 437 g/mol. The van der Waals surface area contributed by atoms with Gasteiger partial charge < -0.3 is 14.8 Å². The van der Waals surface area contributed by atoms with E-state index in [-0.39, 0.29) is 0 Å². The molecule has 1 aliphatic rings. The van der Waals surface area contributed by atoms with Gasteiger partial charge in [0.15, 0.2) is 11.5 Å². The molecule has 1 N–H and O–H groups in total. The van der Waals surface area contributed by atoms with Crippen LogP contribution in [0.25, 0.3) is 0 Å². The number of hydrogen-bond acceptors (Lipinski definition) is 4.